The van der Waals surface area contributed by atoms with Crippen molar-refractivity contribution in [2.75, 3.05) is 33.4 Å². The molecule has 1 fully saturated rings. The van der Waals surface area contributed by atoms with E-state index in [9.17, 15) is 0 Å². The number of methoxy groups -OCH3 is 1. The minimum Gasteiger partial charge on any atom is -0.383 e. The van der Waals surface area contributed by atoms with Crippen molar-refractivity contribution in [3.8, 4) is 0 Å². The van der Waals surface area contributed by atoms with Crippen LogP contribution in [0.25, 0.3) is 0 Å². The van der Waals surface area contributed by atoms with Gasteiger partial charge in [-0.2, -0.15) is 0 Å². The van der Waals surface area contributed by atoms with Crippen molar-refractivity contribution < 1.29 is 9.47 Å². The van der Waals surface area contributed by atoms with E-state index in [1.807, 2.05) is 0 Å². The average molecular weight is 229 g/mol. The first kappa shape index (κ1) is 13.9. The fourth-order valence-electron chi connectivity index (χ4n) is 2.41. The van der Waals surface area contributed by atoms with Crippen molar-refractivity contribution in [2.24, 2.45) is 11.8 Å². The zero-order chi connectivity index (χ0) is 11.8. The molecule has 0 spiro atoms. The molecule has 1 saturated heterocycles. The summed E-state index contributed by atoms with van der Waals surface area (Å²) in [5.74, 6) is 1.36. The van der Waals surface area contributed by atoms with Gasteiger partial charge in [0, 0.05) is 26.8 Å². The van der Waals surface area contributed by atoms with Crippen LogP contribution in [0.5, 0.6) is 0 Å². The van der Waals surface area contributed by atoms with Crippen molar-refractivity contribution in [2.45, 2.75) is 39.2 Å². The van der Waals surface area contributed by atoms with Crippen LogP contribution in [0.4, 0.5) is 0 Å². The third kappa shape index (κ3) is 4.40. The molecule has 0 aliphatic carbocycles. The highest BCUT2D eigenvalue weighted by molar-refractivity contribution is 4.80. The molecule has 3 heteroatoms. The van der Waals surface area contributed by atoms with Crippen LogP contribution in [0.2, 0.25) is 0 Å². The van der Waals surface area contributed by atoms with E-state index >= 15 is 0 Å². The van der Waals surface area contributed by atoms with E-state index in [-0.39, 0.29) is 0 Å². The van der Waals surface area contributed by atoms with Crippen molar-refractivity contribution in [1.29, 1.82) is 0 Å². The molecule has 16 heavy (non-hydrogen) atoms. The summed E-state index contributed by atoms with van der Waals surface area (Å²) >= 11 is 0. The zero-order valence-electron chi connectivity index (χ0n) is 11.0. The maximum Gasteiger partial charge on any atom is 0.0640 e. The number of hydrogen-bond acceptors (Lipinski definition) is 3. The molecule has 1 aliphatic rings. The standard InChI is InChI=1S/C13H27NO2/c1-4-11(2)13-12(6-5-8-16-13)10-14-7-9-15-3/h11-14H,4-10H2,1-3H3. The molecule has 0 bridgehead atoms. The van der Waals surface area contributed by atoms with E-state index in [0.717, 1.165) is 26.3 Å². The lowest BCUT2D eigenvalue weighted by Gasteiger charge is -2.35. The molecular weight excluding hydrogens is 202 g/mol. The lowest BCUT2D eigenvalue weighted by molar-refractivity contribution is -0.0566. The molecule has 96 valence electrons. The van der Waals surface area contributed by atoms with Crippen LogP contribution < -0.4 is 5.32 Å². The summed E-state index contributed by atoms with van der Waals surface area (Å²) in [4.78, 5) is 0. The topological polar surface area (TPSA) is 30.5 Å². The van der Waals surface area contributed by atoms with E-state index in [0.29, 0.717) is 17.9 Å². The third-order valence-corrected chi connectivity index (χ3v) is 3.59. The summed E-state index contributed by atoms with van der Waals surface area (Å²) in [6.45, 7) is 8.31. The number of rotatable bonds is 7. The van der Waals surface area contributed by atoms with E-state index in [2.05, 4.69) is 19.2 Å². The first-order valence-corrected chi connectivity index (χ1v) is 6.60. The Hall–Kier alpha value is -0.120. The van der Waals surface area contributed by atoms with Crippen molar-refractivity contribution in [1.82, 2.24) is 5.32 Å². The number of ether oxygens (including phenoxy) is 2. The second-order valence-corrected chi connectivity index (χ2v) is 4.82. The van der Waals surface area contributed by atoms with Gasteiger partial charge in [0.15, 0.2) is 0 Å². The molecule has 1 aliphatic heterocycles. The highest BCUT2D eigenvalue weighted by Gasteiger charge is 2.29. The molecule has 0 radical (unpaired) electrons. The summed E-state index contributed by atoms with van der Waals surface area (Å²) in [5.41, 5.74) is 0. The second kappa shape index (κ2) is 8.04. The van der Waals surface area contributed by atoms with Crippen LogP contribution in [0.15, 0.2) is 0 Å². The monoisotopic (exact) mass is 229 g/mol. The van der Waals surface area contributed by atoms with E-state index in [1.165, 1.54) is 19.3 Å². The van der Waals surface area contributed by atoms with E-state index < -0.39 is 0 Å². The molecule has 0 aromatic carbocycles. The normalized spacial score (nSPS) is 27.9. The summed E-state index contributed by atoms with van der Waals surface area (Å²) in [5, 5.41) is 3.46. The largest absolute Gasteiger partial charge is 0.383 e. The molecule has 0 aromatic heterocycles. The quantitative estimate of drug-likeness (QED) is 0.678. The Kier molecular flexibility index (Phi) is 7.01. The number of nitrogens with one attached hydrogen (secondary N) is 1. The minimum atomic E-state index is 0.453. The van der Waals surface area contributed by atoms with Crippen LogP contribution in [0, 0.1) is 11.8 Å². The van der Waals surface area contributed by atoms with Gasteiger partial charge in [0.2, 0.25) is 0 Å². The van der Waals surface area contributed by atoms with Crippen LogP contribution in [0.3, 0.4) is 0 Å². The molecule has 3 unspecified atom stereocenters. The van der Waals surface area contributed by atoms with Gasteiger partial charge in [0.05, 0.1) is 12.7 Å². The van der Waals surface area contributed by atoms with Gasteiger partial charge in [-0.15, -0.1) is 0 Å². The van der Waals surface area contributed by atoms with Crippen LogP contribution in [-0.2, 0) is 9.47 Å². The summed E-state index contributed by atoms with van der Waals surface area (Å²) in [7, 11) is 1.74. The van der Waals surface area contributed by atoms with Crippen LogP contribution in [0.1, 0.15) is 33.1 Å². The van der Waals surface area contributed by atoms with Gasteiger partial charge in [0.1, 0.15) is 0 Å². The fraction of sp³-hybridized carbons (Fsp3) is 1.00. The van der Waals surface area contributed by atoms with Gasteiger partial charge in [0.25, 0.3) is 0 Å². The highest BCUT2D eigenvalue weighted by atomic mass is 16.5. The molecule has 3 nitrogen and oxygen atoms in total. The Balaban J connectivity index is 2.29. The average Bonchev–Trinajstić information content (AvgIpc) is 2.34. The SMILES string of the molecule is CCC(C)C1OCCCC1CNCCOC. The smallest absolute Gasteiger partial charge is 0.0640 e. The Morgan fingerprint density at radius 2 is 2.31 bits per heavy atom. The molecule has 0 amide bonds. The molecule has 3 atom stereocenters. The maximum atomic E-state index is 5.93. The van der Waals surface area contributed by atoms with Gasteiger partial charge < -0.3 is 14.8 Å². The van der Waals surface area contributed by atoms with E-state index in [4.69, 9.17) is 9.47 Å². The second-order valence-electron chi connectivity index (χ2n) is 4.82. The lowest BCUT2D eigenvalue weighted by Crippen LogP contribution is -2.41. The summed E-state index contributed by atoms with van der Waals surface area (Å²) in [6, 6.07) is 0. The molecular formula is C13H27NO2. The predicted molar refractivity (Wildman–Crippen MR) is 66.7 cm³/mol. The Morgan fingerprint density at radius 3 is 3.00 bits per heavy atom. The fourth-order valence-corrected chi connectivity index (χ4v) is 2.41. The molecule has 0 saturated carbocycles. The Morgan fingerprint density at radius 1 is 1.50 bits per heavy atom. The van der Waals surface area contributed by atoms with Gasteiger partial charge in [-0.3, -0.25) is 0 Å². The van der Waals surface area contributed by atoms with Gasteiger partial charge in [-0.1, -0.05) is 20.3 Å². The number of hydrogen-bond donors (Lipinski definition) is 1. The lowest BCUT2D eigenvalue weighted by atomic mass is 9.85. The van der Waals surface area contributed by atoms with E-state index in [1.54, 1.807) is 7.11 Å². The first-order chi connectivity index (χ1) is 7.79. The molecule has 1 rings (SSSR count). The summed E-state index contributed by atoms with van der Waals surface area (Å²) < 4.78 is 11.0. The summed E-state index contributed by atoms with van der Waals surface area (Å²) in [6.07, 6.45) is 4.17. The van der Waals surface area contributed by atoms with Gasteiger partial charge in [-0.25, -0.2) is 0 Å². The highest BCUT2D eigenvalue weighted by Crippen LogP contribution is 2.27. The Labute approximate surface area is 99.9 Å². The van der Waals surface area contributed by atoms with Crippen molar-refractivity contribution >= 4 is 0 Å². The molecule has 1 heterocycles. The van der Waals surface area contributed by atoms with Gasteiger partial charge in [-0.05, 0) is 24.7 Å². The molecule has 0 aromatic rings. The van der Waals surface area contributed by atoms with Crippen LogP contribution >= 0.6 is 0 Å². The van der Waals surface area contributed by atoms with Crippen molar-refractivity contribution in [3.63, 3.8) is 0 Å². The predicted octanol–water partition coefficient (Wildman–Crippen LogP) is 2.06. The third-order valence-electron chi connectivity index (χ3n) is 3.59. The zero-order valence-corrected chi connectivity index (χ0v) is 11.0. The van der Waals surface area contributed by atoms with Gasteiger partial charge >= 0.3 is 0 Å². The first-order valence-electron chi connectivity index (χ1n) is 6.60. The minimum absolute atomic E-state index is 0.453. The van der Waals surface area contributed by atoms with Crippen LogP contribution in [-0.4, -0.2) is 39.5 Å². The molecule has 1 N–H and O–H groups in total. The van der Waals surface area contributed by atoms with Crippen molar-refractivity contribution in [3.05, 3.63) is 0 Å². The maximum absolute atomic E-state index is 5.93. The Bertz CT molecular complexity index is 175.